The average molecular weight is 282 g/mol. The number of thiophene rings is 1. The lowest BCUT2D eigenvalue weighted by Crippen LogP contribution is -2.47. The maximum atomic E-state index is 5.67. The molecule has 1 aromatic heterocycles. The Balaban J connectivity index is 1.91. The first-order valence-electron chi connectivity index (χ1n) is 7.27. The third kappa shape index (κ3) is 4.02. The molecule has 19 heavy (non-hydrogen) atoms. The average Bonchev–Trinajstić information content (AvgIpc) is 2.94. The normalized spacial score (nSPS) is 25.7. The van der Waals surface area contributed by atoms with E-state index >= 15 is 0 Å². The summed E-state index contributed by atoms with van der Waals surface area (Å²) >= 11 is 1.84. The van der Waals surface area contributed by atoms with Crippen LogP contribution in [0.5, 0.6) is 0 Å². The van der Waals surface area contributed by atoms with E-state index in [0.717, 1.165) is 32.7 Å². The molecule has 0 radical (unpaired) electrons. The highest BCUT2D eigenvalue weighted by Gasteiger charge is 2.27. The Morgan fingerprint density at radius 1 is 1.58 bits per heavy atom. The van der Waals surface area contributed by atoms with Crippen LogP contribution in [0.4, 0.5) is 0 Å². The summed E-state index contributed by atoms with van der Waals surface area (Å²) in [6, 6.07) is 5.46. The second kappa shape index (κ2) is 7.39. The van der Waals surface area contributed by atoms with Crippen LogP contribution < -0.4 is 5.32 Å². The number of nitrogens with zero attached hydrogens (tertiary/aromatic N) is 1. The monoisotopic (exact) mass is 282 g/mol. The van der Waals surface area contributed by atoms with Gasteiger partial charge < -0.3 is 10.1 Å². The molecular formula is C15H26N2OS. The summed E-state index contributed by atoms with van der Waals surface area (Å²) in [5, 5.41) is 5.77. The predicted octanol–water partition coefficient (Wildman–Crippen LogP) is 2.76. The van der Waals surface area contributed by atoms with Crippen molar-refractivity contribution >= 4 is 11.3 Å². The fraction of sp³-hybridized carbons (Fsp3) is 0.733. The van der Waals surface area contributed by atoms with Gasteiger partial charge in [0.1, 0.15) is 0 Å². The highest BCUT2D eigenvalue weighted by atomic mass is 32.1. The van der Waals surface area contributed by atoms with Crippen LogP contribution in [0.1, 0.15) is 31.2 Å². The van der Waals surface area contributed by atoms with E-state index in [2.05, 4.69) is 48.6 Å². The zero-order valence-electron chi connectivity index (χ0n) is 12.3. The van der Waals surface area contributed by atoms with Crippen molar-refractivity contribution in [3.8, 4) is 0 Å². The second-order valence-electron chi connectivity index (χ2n) is 5.42. The van der Waals surface area contributed by atoms with E-state index < -0.39 is 0 Å². The predicted molar refractivity (Wildman–Crippen MR) is 81.8 cm³/mol. The van der Waals surface area contributed by atoms with E-state index in [-0.39, 0.29) is 0 Å². The summed E-state index contributed by atoms with van der Waals surface area (Å²) in [6.45, 7) is 8.40. The minimum Gasteiger partial charge on any atom is -0.381 e. The van der Waals surface area contributed by atoms with Crippen molar-refractivity contribution in [1.29, 1.82) is 0 Å². The van der Waals surface area contributed by atoms with Gasteiger partial charge in [-0.3, -0.25) is 4.90 Å². The Bertz CT molecular complexity index is 353. The van der Waals surface area contributed by atoms with Gasteiger partial charge in [0.25, 0.3) is 0 Å². The minimum atomic E-state index is 0.490. The first-order chi connectivity index (χ1) is 9.22. The molecule has 4 heteroatoms. The Hall–Kier alpha value is -0.420. The van der Waals surface area contributed by atoms with Gasteiger partial charge in [-0.2, -0.15) is 0 Å². The van der Waals surface area contributed by atoms with Gasteiger partial charge in [-0.05, 0) is 38.4 Å². The smallest absolute Gasteiger partial charge is 0.0521 e. The third-order valence-corrected chi connectivity index (χ3v) is 5.12. The van der Waals surface area contributed by atoms with Crippen molar-refractivity contribution in [2.75, 3.05) is 33.4 Å². The number of rotatable bonds is 6. The van der Waals surface area contributed by atoms with Crippen LogP contribution in [-0.4, -0.2) is 44.3 Å². The van der Waals surface area contributed by atoms with E-state index in [9.17, 15) is 0 Å². The van der Waals surface area contributed by atoms with Gasteiger partial charge in [0.2, 0.25) is 0 Å². The molecule has 2 rings (SSSR count). The lowest BCUT2D eigenvalue weighted by molar-refractivity contribution is 0.0159. The zero-order chi connectivity index (χ0) is 13.7. The molecule has 1 N–H and O–H groups in total. The minimum absolute atomic E-state index is 0.490. The molecule has 1 aliphatic rings. The fourth-order valence-corrected chi connectivity index (χ4v) is 3.63. The first-order valence-corrected chi connectivity index (χ1v) is 8.15. The molecular weight excluding hydrogens is 256 g/mol. The quantitative estimate of drug-likeness (QED) is 0.868. The largest absolute Gasteiger partial charge is 0.381 e. The Morgan fingerprint density at radius 2 is 2.42 bits per heavy atom. The van der Waals surface area contributed by atoms with Crippen LogP contribution in [0.25, 0.3) is 0 Å². The molecule has 0 aromatic carbocycles. The first kappa shape index (κ1) is 15.0. The molecule has 0 amide bonds. The number of nitrogens with one attached hydrogen (secondary N) is 1. The highest BCUT2D eigenvalue weighted by molar-refractivity contribution is 7.10. The van der Waals surface area contributed by atoms with Crippen LogP contribution in [0.15, 0.2) is 17.5 Å². The summed E-state index contributed by atoms with van der Waals surface area (Å²) in [5.74, 6) is 0.598. The molecule has 3 unspecified atom stereocenters. The third-order valence-electron chi connectivity index (χ3n) is 4.08. The van der Waals surface area contributed by atoms with Gasteiger partial charge in [-0.15, -0.1) is 11.3 Å². The second-order valence-corrected chi connectivity index (χ2v) is 6.40. The van der Waals surface area contributed by atoms with Crippen LogP contribution >= 0.6 is 11.3 Å². The molecule has 0 bridgehead atoms. The van der Waals surface area contributed by atoms with Crippen LogP contribution in [0.2, 0.25) is 0 Å². The summed E-state index contributed by atoms with van der Waals surface area (Å²) in [5.41, 5.74) is 0. The van der Waals surface area contributed by atoms with Crippen molar-refractivity contribution in [1.82, 2.24) is 10.2 Å². The van der Waals surface area contributed by atoms with Gasteiger partial charge in [-0.25, -0.2) is 0 Å². The molecule has 0 saturated carbocycles. The summed E-state index contributed by atoms with van der Waals surface area (Å²) < 4.78 is 5.67. The van der Waals surface area contributed by atoms with E-state index in [1.165, 1.54) is 4.88 Å². The van der Waals surface area contributed by atoms with E-state index in [4.69, 9.17) is 4.74 Å². The van der Waals surface area contributed by atoms with Crippen molar-refractivity contribution in [3.63, 3.8) is 0 Å². The van der Waals surface area contributed by atoms with Gasteiger partial charge in [0, 0.05) is 36.0 Å². The molecule has 0 aliphatic carbocycles. The number of ether oxygens (including phenoxy) is 1. The number of hydrogen-bond donors (Lipinski definition) is 1. The number of hydrogen-bond acceptors (Lipinski definition) is 4. The van der Waals surface area contributed by atoms with Gasteiger partial charge >= 0.3 is 0 Å². The topological polar surface area (TPSA) is 24.5 Å². The Kier molecular flexibility index (Phi) is 5.82. The molecule has 108 valence electrons. The van der Waals surface area contributed by atoms with Crippen molar-refractivity contribution < 1.29 is 4.74 Å². The molecule has 0 spiro atoms. The summed E-state index contributed by atoms with van der Waals surface area (Å²) in [4.78, 5) is 3.90. The summed E-state index contributed by atoms with van der Waals surface area (Å²) in [6.07, 6.45) is 1.14. The lowest BCUT2D eigenvalue weighted by Gasteiger charge is -2.36. The zero-order valence-corrected chi connectivity index (χ0v) is 13.1. The van der Waals surface area contributed by atoms with Gasteiger partial charge in [-0.1, -0.05) is 13.0 Å². The van der Waals surface area contributed by atoms with Crippen molar-refractivity contribution in [2.24, 2.45) is 5.92 Å². The molecule has 1 saturated heterocycles. The standard InChI is InChI=1S/C15H26N2OS/c1-4-16-14-7-8-18-11-13(14)10-17(3)12(2)15-6-5-9-19-15/h5-6,9,12-14,16H,4,7-8,10-11H2,1-3H3. The molecule has 1 fully saturated rings. The maximum absolute atomic E-state index is 5.67. The van der Waals surface area contributed by atoms with Gasteiger partial charge in [0.15, 0.2) is 0 Å². The molecule has 1 aromatic rings. The summed E-state index contributed by atoms with van der Waals surface area (Å²) in [7, 11) is 2.22. The van der Waals surface area contributed by atoms with E-state index in [0.29, 0.717) is 18.0 Å². The van der Waals surface area contributed by atoms with E-state index in [1.54, 1.807) is 0 Å². The molecule has 2 heterocycles. The molecule has 3 nitrogen and oxygen atoms in total. The molecule has 1 aliphatic heterocycles. The van der Waals surface area contributed by atoms with E-state index in [1.807, 2.05) is 11.3 Å². The Labute approximate surface area is 121 Å². The van der Waals surface area contributed by atoms with Crippen molar-refractivity contribution in [2.45, 2.75) is 32.4 Å². The SMILES string of the molecule is CCNC1CCOCC1CN(C)C(C)c1cccs1. The molecule has 3 atom stereocenters. The van der Waals surface area contributed by atoms with Crippen LogP contribution in [0, 0.1) is 5.92 Å². The van der Waals surface area contributed by atoms with Crippen LogP contribution in [-0.2, 0) is 4.74 Å². The maximum Gasteiger partial charge on any atom is 0.0521 e. The fourth-order valence-electron chi connectivity index (χ4n) is 2.78. The van der Waals surface area contributed by atoms with Gasteiger partial charge in [0.05, 0.1) is 6.61 Å². The highest BCUT2D eigenvalue weighted by Crippen LogP contribution is 2.25. The van der Waals surface area contributed by atoms with Crippen molar-refractivity contribution in [3.05, 3.63) is 22.4 Å². The Morgan fingerprint density at radius 3 is 3.11 bits per heavy atom. The lowest BCUT2D eigenvalue weighted by atomic mass is 9.94. The van der Waals surface area contributed by atoms with Crippen LogP contribution in [0.3, 0.4) is 0 Å².